The zero-order chi connectivity index (χ0) is 6.12. The lowest BCUT2D eigenvalue weighted by atomic mass is 10.6. The SMILES string of the molecule is CCC=O.CCO. The molecule has 0 aliphatic carbocycles. The lowest BCUT2D eigenvalue weighted by Gasteiger charge is -1.52. The summed E-state index contributed by atoms with van der Waals surface area (Å²) >= 11 is 0. The van der Waals surface area contributed by atoms with Gasteiger partial charge in [0.1, 0.15) is 6.29 Å². The van der Waals surface area contributed by atoms with Gasteiger partial charge in [-0.25, -0.2) is 0 Å². The van der Waals surface area contributed by atoms with E-state index in [1.54, 1.807) is 6.92 Å². The average Bonchev–Trinajstić information content (AvgIpc) is 1.69. The topological polar surface area (TPSA) is 37.3 Å². The van der Waals surface area contributed by atoms with Crippen molar-refractivity contribution < 1.29 is 9.90 Å². The van der Waals surface area contributed by atoms with E-state index in [0.29, 0.717) is 6.42 Å². The summed E-state index contributed by atoms with van der Waals surface area (Å²) < 4.78 is 0. The Kier molecular flexibility index (Phi) is 24.4. The number of aldehydes is 1. The van der Waals surface area contributed by atoms with Gasteiger partial charge in [0.15, 0.2) is 0 Å². The zero-order valence-corrected chi connectivity index (χ0v) is 4.85. The summed E-state index contributed by atoms with van der Waals surface area (Å²) in [5.74, 6) is 0. The first kappa shape index (κ1) is 9.80. The van der Waals surface area contributed by atoms with Gasteiger partial charge in [0.25, 0.3) is 0 Å². The molecule has 7 heavy (non-hydrogen) atoms. The van der Waals surface area contributed by atoms with E-state index in [4.69, 9.17) is 5.11 Å². The van der Waals surface area contributed by atoms with Crippen molar-refractivity contribution >= 4 is 6.29 Å². The highest BCUT2D eigenvalue weighted by Gasteiger charge is 1.52. The minimum Gasteiger partial charge on any atom is -0.397 e. The fourth-order valence-corrected chi connectivity index (χ4v) is 0. The van der Waals surface area contributed by atoms with Gasteiger partial charge in [-0.2, -0.15) is 0 Å². The van der Waals surface area contributed by atoms with Crippen LogP contribution in [0.5, 0.6) is 0 Å². The Morgan fingerprint density at radius 1 is 1.57 bits per heavy atom. The fraction of sp³-hybridized carbons (Fsp3) is 0.800. The Morgan fingerprint density at radius 2 is 1.71 bits per heavy atom. The predicted molar refractivity (Wildman–Crippen MR) is 29.1 cm³/mol. The van der Waals surface area contributed by atoms with Crippen LogP contribution in [0.25, 0.3) is 0 Å². The van der Waals surface area contributed by atoms with E-state index in [0.717, 1.165) is 6.29 Å². The van der Waals surface area contributed by atoms with Crippen LogP contribution in [0.2, 0.25) is 0 Å². The van der Waals surface area contributed by atoms with Gasteiger partial charge in [0, 0.05) is 13.0 Å². The molecule has 0 saturated carbocycles. The smallest absolute Gasteiger partial charge is 0.119 e. The minimum atomic E-state index is 0.250. The molecule has 0 heterocycles. The molecule has 0 aromatic heterocycles. The molecule has 0 radical (unpaired) electrons. The lowest BCUT2D eigenvalue weighted by molar-refractivity contribution is -0.107. The summed E-state index contributed by atoms with van der Waals surface area (Å²) in [6, 6.07) is 0. The predicted octanol–water partition coefficient (Wildman–Crippen LogP) is 0.594. The Balaban J connectivity index is 0. The van der Waals surface area contributed by atoms with Crippen LogP contribution in [-0.4, -0.2) is 18.0 Å². The molecule has 0 bridgehead atoms. The Bertz CT molecular complexity index is 27.3. The number of aliphatic hydroxyl groups excluding tert-OH is 1. The second-order valence-electron chi connectivity index (χ2n) is 0.891. The maximum atomic E-state index is 9.17. The van der Waals surface area contributed by atoms with Crippen LogP contribution in [0.4, 0.5) is 0 Å². The molecule has 0 aliphatic rings. The van der Waals surface area contributed by atoms with E-state index < -0.39 is 0 Å². The summed E-state index contributed by atoms with van der Waals surface area (Å²) in [7, 11) is 0. The highest BCUT2D eigenvalue weighted by molar-refractivity contribution is 5.48. The molecule has 2 heteroatoms. The van der Waals surface area contributed by atoms with Crippen molar-refractivity contribution in [2.24, 2.45) is 0 Å². The van der Waals surface area contributed by atoms with Crippen molar-refractivity contribution in [3.63, 3.8) is 0 Å². The summed E-state index contributed by atoms with van der Waals surface area (Å²) in [6.07, 6.45) is 1.51. The van der Waals surface area contributed by atoms with Gasteiger partial charge in [-0.05, 0) is 6.92 Å². The van der Waals surface area contributed by atoms with Crippen LogP contribution in [0.3, 0.4) is 0 Å². The van der Waals surface area contributed by atoms with Crippen molar-refractivity contribution in [1.82, 2.24) is 0 Å². The maximum Gasteiger partial charge on any atom is 0.119 e. The fourth-order valence-electron chi connectivity index (χ4n) is 0. The van der Waals surface area contributed by atoms with Gasteiger partial charge >= 0.3 is 0 Å². The monoisotopic (exact) mass is 104 g/mol. The first-order valence-corrected chi connectivity index (χ1v) is 2.37. The molecule has 1 N–H and O–H groups in total. The second kappa shape index (κ2) is 17.4. The number of hydrogen-bond acceptors (Lipinski definition) is 2. The molecule has 2 nitrogen and oxygen atoms in total. The van der Waals surface area contributed by atoms with Gasteiger partial charge in [-0.3, -0.25) is 0 Å². The molecular formula is C5H12O2. The highest BCUT2D eigenvalue weighted by atomic mass is 16.2. The minimum absolute atomic E-state index is 0.250. The highest BCUT2D eigenvalue weighted by Crippen LogP contribution is 1.53. The number of rotatable bonds is 1. The largest absolute Gasteiger partial charge is 0.397 e. The van der Waals surface area contributed by atoms with Crippen LogP contribution in [0.15, 0.2) is 0 Å². The molecule has 0 amide bonds. The molecule has 0 saturated heterocycles. The van der Waals surface area contributed by atoms with Gasteiger partial charge in [0.05, 0.1) is 0 Å². The molecule has 0 aliphatic heterocycles. The second-order valence-corrected chi connectivity index (χ2v) is 0.891. The Hall–Kier alpha value is -0.370. The zero-order valence-electron chi connectivity index (χ0n) is 4.85. The molecular weight excluding hydrogens is 92.1 g/mol. The third-order valence-corrected chi connectivity index (χ3v) is 0.167. The first-order valence-electron chi connectivity index (χ1n) is 2.37. The van der Waals surface area contributed by atoms with Crippen molar-refractivity contribution in [3.8, 4) is 0 Å². The van der Waals surface area contributed by atoms with E-state index in [-0.39, 0.29) is 6.61 Å². The van der Waals surface area contributed by atoms with Crippen molar-refractivity contribution in [2.45, 2.75) is 20.3 Å². The Labute approximate surface area is 44.2 Å². The van der Waals surface area contributed by atoms with Gasteiger partial charge in [-0.15, -0.1) is 0 Å². The van der Waals surface area contributed by atoms with E-state index in [9.17, 15) is 4.79 Å². The van der Waals surface area contributed by atoms with Gasteiger partial charge < -0.3 is 9.90 Å². The van der Waals surface area contributed by atoms with E-state index in [2.05, 4.69) is 0 Å². The summed E-state index contributed by atoms with van der Waals surface area (Å²) in [5.41, 5.74) is 0. The van der Waals surface area contributed by atoms with Crippen molar-refractivity contribution in [3.05, 3.63) is 0 Å². The van der Waals surface area contributed by atoms with Gasteiger partial charge in [0.2, 0.25) is 0 Å². The van der Waals surface area contributed by atoms with Gasteiger partial charge in [-0.1, -0.05) is 6.92 Å². The van der Waals surface area contributed by atoms with Crippen LogP contribution >= 0.6 is 0 Å². The molecule has 0 aromatic carbocycles. The number of carbonyl (C=O) groups excluding carboxylic acids is 1. The summed E-state index contributed by atoms with van der Waals surface area (Å²) in [6.45, 7) is 3.74. The molecule has 0 rings (SSSR count). The number of hydrogen-bond donors (Lipinski definition) is 1. The van der Waals surface area contributed by atoms with Crippen LogP contribution in [-0.2, 0) is 4.79 Å². The van der Waals surface area contributed by atoms with Crippen LogP contribution in [0, 0.1) is 0 Å². The average molecular weight is 104 g/mol. The molecule has 0 spiro atoms. The normalized spacial score (nSPS) is 6.14. The van der Waals surface area contributed by atoms with Crippen LogP contribution in [0.1, 0.15) is 20.3 Å². The number of carbonyl (C=O) groups is 1. The van der Waals surface area contributed by atoms with Crippen molar-refractivity contribution in [1.29, 1.82) is 0 Å². The molecule has 0 unspecified atom stereocenters. The van der Waals surface area contributed by atoms with E-state index in [1.165, 1.54) is 0 Å². The molecule has 0 aromatic rings. The first-order chi connectivity index (χ1) is 3.33. The quantitative estimate of drug-likeness (QED) is 0.494. The Morgan fingerprint density at radius 3 is 1.71 bits per heavy atom. The molecule has 44 valence electrons. The lowest BCUT2D eigenvalue weighted by Crippen LogP contribution is -1.57. The third-order valence-electron chi connectivity index (χ3n) is 0.167. The number of aliphatic hydroxyl groups is 1. The third kappa shape index (κ3) is 187. The summed E-state index contributed by atoms with van der Waals surface area (Å²) in [4.78, 5) is 9.17. The van der Waals surface area contributed by atoms with E-state index >= 15 is 0 Å². The standard InChI is InChI=1S/C3H6O.C2H6O/c1-2-3-4;1-2-3/h3H,2H2,1H3;3H,2H2,1H3. The molecule has 0 atom stereocenters. The van der Waals surface area contributed by atoms with Crippen LogP contribution < -0.4 is 0 Å². The maximum absolute atomic E-state index is 9.17. The molecule has 0 fully saturated rings. The summed E-state index contributed by atoms with van der Waals surface area (Å²) in [5, 5.41) is 7.57. The van der Waals surface area contributed by atoms with E-state index in [1.807, 2.05) is 6.92 Å². The van der Waals surface area contributed by atoms with Crippen molar-refractivity contribution in [2.75, 3.05) is 6.61 Å².